The van der Waals surface area contributed by atoms with Gasteiger partial charge >= 0.3 is 0 Å². The van der Waals surface area contributed by atoms with Crippen LogP contribution >= 0.6 is 11.6 Å². The molecule has 0 aliphatic heterocycles. The lowest BCUT2D eigenvalue weighted by Gasteiger charge is -2.31. The maximum absolute atomic E-state index is 13.9. The molecule has 0 saturated heterocycles. The van der Waals surface area contributed by atoms with Gasteiger partial charge in [0.1, 0.15) is 5.82 Å². The standard InChI is InChI=1S/C15H15ClFN/c16-13-4-2-11(14(17)6-13)8-15(9-18)7-10-1-3-12(15)5-10/h2,4,6,10,12H,1,3,5,7-8H2. The van der Waals surface area contributed by atoms with Crippen LogP contribution in [0.4, 0.5) is 4.39 Å². The summed E-state index contributed by atoms with van der Waals surface area (Å²) in [5.74, 6) is 0.868. The molecule has 3 unspecified atom stereocenters. The Kier molecular flexibility index (Phi) is 2.83. The molecule has 2 fully saturated rings. The lowest BCUT2D eigenvalue weighted by molar-refractivity contribution is 0.237. The third-order valence-corrected chi connectivity index (χ3v) is 4.95. The van der Waals surface area contributed by atoms with Gasteiger partial charge < -0.3 is 0 Å². The molecule has 1 aromatic rings. The summed E-state index contributed by atoms with van der Waals surface area (Å²) in [6.45, 7) is 0. The van der Waals surface area contributed by atoms with E-state index in [1.165, 1.54) is 12.5 Å². The van der Waals surface area contributed by atoms with Gasteiger partial charge in [0.15, 0.2) is 0 Å². The Morgan fingerprint density at radius 2 is 2.28 bits per heavy atom. The monoisotopic (exact) mass is 263 g/mol. The zero-order valence-electron chi connectivity index (χ0n) is 10.1. The molecule has 18 heavy (non-hydrogen) atoms. The number of benzene rings is 1. The Balaban J connectivity index is 1.89. The Morgan fingerprint density at radius 3 is 2.83 bits per heavy atom. The minimum absolute atomic E-state index is 0.278. The largest absolute Gasteiger partial charge is 0.207 e. The SMILES string of the molecule is N#CC1(Cc2ccc(Cl)cc2F)CC2CCC1C2. The Bertz CT molecular complexity index is 522. The number of fused-ring (bicyclic) bond motifs is 2. The molecule has 2 aliphatic carbocycles. The van der Waals surface area contributed by atoms with Gasteiger partial charge in [0.2, 0.25) is 0 Å². The van der Waals surface area contributed by atoms with Crippen molar-refractivity contribution in [1.82, 2.24) is 0 Å². The summed E-state index contributed by atoms with van der Waals surface area (Å²) in [7, 11) is 0. The van der Waals surface area contributed by atoms with Gasteiger partial charge in [0, 0.05) is 5.02 Å². The number of nitriles is 1. The van der Waals surface area contributed by atoms with Gasteiger partial charge in [0.05, 0.1) is 11.5 Å². The van der Waals surface area contributed by atoms with Gasteiger partial charge in [-0.2, -0.15) is 5.26 Å². The Hall–Kier alpha value is -1.07. The van der Waals surface area contributed by atoms with Crippen molar-refractivity contribution >= 4 is 11.6 Å². The molecule has 94 valence electrons. The first-order chi connectivity index (χ1) is 8.63. The van der Waals surface area contributed by atoms with Crippen molar-refractivity contribution in [3.63, 3.8) is 0 Å². The molecule has 0 N–H and O–H groups in total. The molecular formula is C15H15ClFN. The average Bonchev–Trinajstić information content (AvgIpc) is 2.93. The summed E-state index contributed by atoms with van der Waals surface area (Å²) in [6, 6.07) is 7.27. The molecule has 2 bridgehead atoms. The van der Waals surface area contributed by atoms with E-state index in [1.807, 2.05) is 0 Å². The zero-order chi connectivity index (χ0) is 12.8. The number of rotatable bonds is 2. The van der Waals surface area contributed by atoms with E-state index in [1.54, 1.807) is 12.1 Å². The fraction of sp³-hybridized carbons (Fsp3) is 0.533. The van der Waals surface area contributed by atoms with Gasteiger partial charge in [-0.05, 0) is 55.2 Å². The van der Waals surface area contributed by atoms with Gasteiger partial charge in [-0.1, -0.05) is 24.1 Å². The van der Waals surface area contributed by atoms with E-state index in [2.05, 4.69) is 6.07 Å². The van der Waals surface area contributed by atoms with E-state index < -0.39 is 0 Å². The van der Waals surface area contributed by atoms with Crippen LogP contribution in [0.3, 0.4) is 0 Å². The van der Waals surface area contributed by atoms with Crippen LogP contribution in [0.15, 0.2) is 18.2 Å². The molecule has 1 aromatic carbocycles. The summed E-state index contributed by atoms with van der Waals surface area (Å²) in [6.07, 6.45) is 5.01. The molecule has 0 radical (unpaired) electrons. The first-order valence-corrected chi connectivity index (χ1v) is 6.86. The van der Waals surface area contributed by atoms with Crippen LogP contribution in [0.5, 0.6) is 0 Å². The van der Waals surface area contributed by atoms with E-state index in [-0.39, 0.29) is 11.2 Å². The van der Waals surface area contributed by atoms with Crippen LogP contribution in [0.25, 0.3) is 0 Å². The average molecular weight is 264 g/mol. The second kappa shape index (κ2) is 4.24. The molecule has 3 atom stereocenters. The minimum atomic E-state index is -0.336. The van der Waals surface area contributed by atoms with E-state index in [4.69, 9.17) is 11.6 Å². The first kappa shape index (κ1) is 12.0. The van der Waals surface area contributed by atoms with E-state index >= 15 is 0 Å². The molecule has 0 amide bonds. The van der Waals surface area contributed by atoms with Crippen molar-refractivity contribution in [1.29, 1.82) is 5.26 Å². The van der Waals surface area contributed by atoms with Gasteiger partial charge in [-0.15, -0.1) is 0 Å². The predicted molar refractivity (Wildman–Crippen MR) is 68.6 cm³/mol. The summed E-state index contributed by atoms with van der Waals surface area (Å²) in [4.78, 5) is 0. The van der Waals surface area contributed by atoms with Crippen molar-refractivity contribution in [3.8, 4) is 6.07 Å². The van der Waals surface area contributed by atoms with Crippen LogP contribution < -0.4 is 0 Å². The molecule has 0 aromatic heterocycles. The molecule has 2 aliphatic rings. The van der Waals surface area contributed by atoms with Crippen LogP contribution in [0.1, 0.15) is 31.2 Å². The van der Waals surface area contributed by atoms with Crippen molar-refractivity contribution in [2.45, 2.75) is 32.1 Å². The first-order valence-electron chi connectivity index (χ1n) is 6.48. The summed E-state index contributed by atoms with van der Waals surface area (Å²) in [5, 5.41) is 9.96. The highest BCUT2D eigenvalue weighted by Crippen LogP contribution is 2.57. The summed E-state index contributed by atoms with van der Waals surface area (Å²) in [5.41, 5.74) is 0.297. The van der Waals surface area contributed by atoms with Gasteiger partial charge in [0.25, 0.3) is 0 Å². The fourth-order valence-electron chi connectivity index (χ4n) is 3.84. The van der Waals surface area contributed by atoms with Crippen LogP contribution in [-0.2, 0) is 6.42 Å². The van der Waals surface area contributed by atoms with E-state index in [9.17, 15) is 9.65 Å². The maximum Gasteiger partial charge on any atom is 0.127 e. The second-order valence-electron chi connectivity index (χ2n) is 5.76. The minimum Gasteiger partial charge on any atom is -0.207 e. The number of hydrogen-bond donors (Lipinski definition) is 0. The summed E-state index contributed by atoms with van der Waals surface area (Å²) >= 11 is 5.76. The lowest BCUT2D eigenvalue weighted by Crippen LogP contribution is -2.28. The molecule has 3 heteroatoms. The number of halogens is 2. The third-order valence-electron chi connectivity index (χ3n) is 4.72. The van der Waals surface area contributed by atoms with Crippen molar-refractivity contribution in [3.05, 3.63) is 34.6 Å². The van der Waals surface area contributed by atoms with Gasteiger partial charge in [-0.3, -0.25) is 0 Å². The molecule has 1 nitrogen and oxygen atoms in total. The third kappa shape index (κ3) is 1.82. The van der Waals surface area contributed by atoms with Gasteiger partial charge in [-0.25, -0.2) is 4.39 Å². The van der Waals surface area contributed by atoms with Crippen molar-refractivity contribution in [2.75, 3.05) is 0 Å². The molecular weight excluding hydrogens is 249 g/mol. The smallest absolute Gasteiger partial charge is 0.127 e. The van der Waals surface area contributed by atoms with E-state index in [0.29, 0.717) is 28.8 Å². The molecule has 2 saturated carbocycles. The maximum atomic E-state index is 13.9. The van der Waals surface area contributed by atoms with Crippen molar-refractivity contribution in [2.24, 2.45) is 17.3 Å². The summed E-state index contributed by atoms with van der Waals surface area (Å²) < 4.78 is 13.9. The van der Waals surface area contributed by atoms with Crippen LogP contribution in [0.2, 0.25) is 5.02 Å². The normalized spacial score (nSPS) is 33.6. The van der Waals surface area contributed by atoms with Crippen LogP contribution in [-0.4, -0.2) is 0 Å². The second-order valence-corrected chi connectivity index (χ2v) is 6.20. The number of nitrogens with zero attached hydrogens (tertiary/aromatic N) is 1. The predicted octanol–water partition coefficient (Wildman–Crippen LogP) is 4.35. The molecule has 0 heterocycles. The highest BCUT2D eigenvalue weighted by Gasteiger charge is 2.51. The molecule has 3 rings (SSSR count). The zero-order valence-corrected chi connectivity index (χ0v) is 10.9. The fourth-order valence-corrected chi connectivity index (χ4v) is 4.00. The highest BCUT2D eigenvalue weighted by molar-refractivity contribution is 6.30. The van der Waals surface area contributed by atoms with Crippen molar-refractivity contribution < 1.29 is 4.39 Å². The highest BCUT2D eigenvalue weighted by atomic mass is 35.5. The van der Waals surface area contributed by atoms with E-state index in [0.717, 1.165) is 19.3 Å². The quantitative estimate of drug-likeness (QED) is 0.778. The lowest BCUT2D eigenvalue weighted by atomic mass is 9.70. The topological polar surface area (TPSA) is 23.8 Å². The Morgan fingerprint density at radius 1 is 1.44 bits per heavy atom. The van der Waals surface area contributed by atoms with Crippen LogP contribution in [0, 0.1) is 34.4 Å². The Labute approximate surface area is 112 Å². The number of hydrogen-bond acceptors (Lipinski definition) is 1. The molecule has 0 spiro atoms.